The lowest BCUT2D eigenvalue weighted by molar-refractivity contribution is 0.481. The predicted molar refractivity (Wildman–Crippen MR) is 60.0 cm³/mol. The Morgan fingerprint density at radius 2 is 1.67 bits per heavy atom. The van der Waals surface area contributed by atoms with Gasteiger partial charge in [-0.2, -0.15) is 0 Å². The average molecular weight is 282 g/mol. The summed E-state index contributed by atoms with van der Waals surface area (Å²) in [7, 11) is -2.47. The van der Waals surface area contributed by atoms with E-state index in [-0.39, 0.29) is 12.6 Å². The molecule has 102 valence electrons. The van der Waals surface area contributed by atoms with E-state index in [1.165, 1.54) is 0 Å². The molecule has 0 aliphatic rings. The summed E-state index contributed by atoms with van der Waals surface area (Å²) in [5.74, 6) is -4.16. The van der Waals surface area contributed by atoms with Gasteiger partial charge in [-0.05, 0) is 26.1 Å². The van der Waals surface area contributed by atoms with Crippen LogP contribution < -0.4 is 10.0 Å². The molecule has 0 unspecified atom stereocenters. The van der Waals surface area contributed by atoms with Crippen LogP contribution in [0.15, 0.2) is 17.0 Å². The van der Waals surface area contributed by atoms with Crippen LogP contribution in [-0.2, 0) is 10.0 Å². The number of hydrogen-bond acceptors (Lipinski definition) is 3. The minimum absolute atomic E-state index is 0.0710. The van der Waals surface area contributed by atoms with E-state index in [9.17, 15) is 21.6 Å². The van der Waals surface area contributed by atoms with Crippen molar-refractivity contribution in [2.24, 2.45) is 0 Å². The molecule has 1 aromatic rings. The molecule has 0 aliphatic carbocycles. The first-order chi connectivity index (χ1) is 8.38. The molecule has 0 aliphatic heterocycles. The maximum Gasteiger partial charge on any atom is 0.243 e. The standard InChI is InChI=1S/C10H13F3N2O2S/c1-14-3-2-4-15-18(16,17)10-6-8(12)7(11)5-9(10)13/h5-6,14-15H,2-4H2,1H3. The fraction of sp³-hybridized carbons (Fsp3) is 0.400. The van der Waals surface area contributed by atoms with Crippen LogP contribution in [-0.4, -0.2) is 28.6 Å². The second-order valence-corrected chi connectivity index (χ2v) is 5.29. The summed E-state index contributed by atoms with van der Waals surface area (Å²) in [6.45, 7) is 0.643. The Morgan fingerprint density at radius 3 is 2.28 bits per heavy atom. The second kappa shape index (κ2) is 6.17. The molecule has 0 heterocycles. The number of sulfonamides is 1. The summed E-state index contributed by atoms with van der Waals surface area (Å²) in [5.41, 5.74) is 0. The van der Waals surface area contributed by atoms with E-state index >= 15 is 0 Å². The Labute approximate surface area is 103 Å². The summed E-state index contributed by atoms with van der Waals surface area (Å²) < 4.78 is 64.2. The van der Waals surface area contributed by atoms with Gasteiger partial charge in [0.1, 0.15) is 10.7 Å². The predicted octanol–water partition coefficient (Wildman–Crippen LogP) is 0.992. The van der Waals surface area contributed by atoms with Gasteiger partial charge >= 0.3 is 0 Å². The summed E-state index contributed by atoms with van der Waals surface area (Å²) in [6, 6.07) is 0.530. The van der Waals surface area contributed by atoms with Crippen LogP contribution >= 0.6 is 0 Å². The molecule has 0 fully saturated rings. The van der Waals surface area contributed by atoms with Gasteiger partial charge in [0.15, 0.2) is 11.6 Å². The largest absolute Gasteiger partial charge is 0.320 e. The van der Waals surface area contributed by atoms with Crippen molar-refractivity contribution in [2.75, 3.05) is 20.1 Å². The van der Waals surface area contributed by atoms with Gasteiger partial charge < -0.3 is 5.32 Å². The van der Waals surface area contributed by atoms with Crippen LogP contribution in [0.2, 0.25) is 0 Å². The van der Waals surface area contributed by atoms with Crippen molar-refractivity contribution in [3.63, 3.8) is 0 Å². The van der Waals surface area contributed by atoms with Gasteiger partial charge in [-0.15, -0.1) is 0 Å². The molecule has 0 bridgehead atoms. The Balaban J connectivity index is 2.88. The number of halogens is 3. The summed E-state index contributed by atoms with van der Waals surface area (Å²) in [5, 5.41) is 2.80. The van der Waals surface area contributed by atoms with E-state index < -0.39 is 32.4 Å². The maximum absolute atomic E-state index is 13.3. The van der Waals surface area contributed by atoms with Crippen LogP contribution in [0, 0.1) is 17.5 Å². The molecule has 1 aromatic carbocycles. The first-order valence-corrected chi connectivity index (χ1v) is 6.65. The van der Waals surface area contributed by atoms with Gasteiger partial charge in [0.05, 0.1) is 0 Å². The minimum atomic E-state index is -4.17. The molecule has 0 radical (unpaired) electrons. The molecule has 4 nitrogen and oxygen atoms in total. The van der Waals surface area contributed by atoms with Crippen molar-refractivity contribution in [3.8, 4) is 0 Å². The topological polar surface area (TPSA) is 58.2 Å². The molecule has 1 rings (SSSR count). The van der Waals surface area contributed by atoms with Crippen molar-refractivity contribution < 1.29 is 21.6 Å². The van der Waals surface area contributed by atoms with Gasteiger partial charge in [-0.25, -0.2) is 26.3 Å². The molecular formula is C10H13F3N2O2S. The first kappa shape index (κ1) is 14.9. The van der Waals surface area contributed by atoms with E-state index in [4.69, 9.17) is 0 Å². The highest BCUT2D eigenvalue weighted by Crippen LogP contribution is 2.18. The maximum atomic E-state index is 13.3. The smallest absolute Gasteiger partial charge is 0.243 e. The summed E-state index contributed by atoms with van der Waals surface area (Å²) in [6.07, 6.45) is 0.487. The quantitative estimate of drug-likeness (QED) is 0.604. The van der Waals surface area contributed by atoms with Gasteiger partial charge in [-0.1, -0.05) is 0 Å². The molecular weight excluding hydrogens is 269 g/mol. The lowest BCUT2D eigenvalue weighted by atomic mass is 10.3. The molecule has 0 aromatic heterocycles. The molecule has 0 spiro atoms. The third-order valence-electron chi connectivity index (χ3n) is 2.16. The first-order valence-electron chi connectivity index (χ1n) is 5.17. The molecule has 0 amide bonds. The monoisotopic (exact) mass is 282 g/mol. The van der Waals surface area contributed by atoms with Crippen molar-refractivity contribution in [2.45, 2.75) is 11.3 Å². The van der Waals surface area contributed by atoms with E-state index in [0.717, 1.165) is 0 Å². The molecule has 0 atom stereocenters. The lowest BCUT2D eigenvalue weighted by Crippen LogP contribution is -2.27. The molecule has 8 heteroatoms. The van der Waals surface area contributed by atoms with Crippen LogP contribution in [0.4, 0.5) is 13.2 Å². The Morgan fingerprint density at radius 1 is 1.06 bits per heavy atom. The fourth-order valence-corrected chi connectivity index (χ4v) is 2.40. The molecule has 18 heavy (non-hydrogen) atoms. The van der Waals surface area contributed by atoms with E-state index in [0.29, 0.717) is 19.0 Å². The highest BCUT2D eigenvalue weighted by Gasteiger charge is 2.21. The minimum Gasteiger partial charge on any atom is -0.320 e. The Hall–Kier alpha value is -1.12. The van der Waals surface area contributed by atoms with Crippen LogP contribution in [0.1, 0.15) is 6.42 Å². The van der Waals surface area contributed by atoms with E-state index in [1.807, 2.05) is 0 Å². The number of benzene rings is 1. The Bertz CT molecular complexity index is 520. The highest BCUT2D eigenvalue weighted by molar-refractivity contribution is 7.89. The zero-order valence-corrected chi connectivity index (χ0v) is 10.5. The average Bonchev–Trinajstić information content (AvgIpc) is 2.29. The van der Waals surface area contributed by atoms with Gasteiger partial charge in [-0.3, -0.25) is 0 Å². The third kappa shape index (κ3) is 3.69. The third-order valence-corrected chi connectivity index (χ3v) is 3.64. The Kier molecular flexibility index (Phi) is 5.12. The number of nitrogens with one attached hydrogen (secondary N) is 2. The van der Waals surface area contributed by atoms with Gasteiger partial charge in [0.2, 0.25) is 10.0 Å². The molecule has 2 N–H and O–H groups in total. The number of rotatable bonds is 6. The summed E-state index contributed by atoms with van der Waals surface area (Å²) in [4.78, 5) is -0.897. The van der Waals surface area contributed by atoms with Gasteiger partial charge in [0, 0.05) is 12.6 Å². The van der Waals surface area contributed by atoms with Crippen molar-refractivity contribution in [1.82, 2.24) is 10.0 Å². The van der Waals surface area contributed by atoms with Crippen molar-refractivity contribution in [1.29, 1.82) is 0 Å². The van der Waals surface area contributed by atoms with E-state index in [1.54, 1.807) is 7.05 Å². The zero-order valence-electron chi connectivity index (χ0n) is 9.63. The van der Waals surface area contributed by atoms with Crippen LogP contribution in [0.25, 0.3) is 0 Å². The SMILES string of the molecule is CNCCCNS(=O)(=O)c1cc(F)c(F)cc1F. The van der Waals surface area contributed by atoms with E-state index in [2.05, 4.69) is 10.0 Å². The van der Waals surface area contributed by atoms with Crippen molar-refractivity contribution >= 4 is 10.0 Å². The van der Waals surface area contributed by atoms with Crippen LogP contribution in [0.5, 0.6) is 0 Å². The summed E-state index contributed by atoms with van der Waals surface area (Å²) >= 11 is 0. The lowest BCUT2D eigenvalue weighted by Gasteiger charge is -2.08. The highest BCUT2D eigenvalue weighted by atomic mass is 32.2. The zero-order chi connectivity index (χ0) is 13.8. The molecule has 0 saturated heterocycles. The second-order valence-electron chi connectivity index (χ2n) is 3.55. The van der Waals surface area contributed by atoms with Crippen LogP contribution in [0.3, 0.4) is 0 Å². The normalized spacial score (nSPS) is 11.8. The molecule has 0 saturated carbocycles. The number of hydrogen-bond donors (Lipinski definition) is 2. The van der Waals surface area contributed by atoms with Gasteiger partial charge in [0.25, 0.3) is 0 Å². The fourth-order valence-electron chi connectivity index (χ4n) is 1.26. The van der Waals surface area contributed by atoms with Crippen molar-refractivity contribution in [3.05, 3.63) is 29.6 Å².